The zero-order valence-corrected chi connectivity index (χ0v) is 16.2. The maximum absolute atomic E-state index is 12.7. The van der Waals surface area contributed by atoms with E-state index in [9.17, 15) is 14.4 Å². The van der Waals surface area contributed by atoms with Crippen molar-refractivity contribution < 1.29 is 9.59 Å². The second kappa shape index (κ2) is 7.89. The van der Waals surface area contributed by atoms with Gasteiger partial charge < -0.3 is 5.32 Å². The number of carbonyl (C=O) groups excluding carboxylic acids is 2. The summed E-state index contributed by atoms with van der Waals surface area (Å²) in [6, 6.07) is 8.41. The van der Waals surface area contributed by atoms with Crippen molar-refractivity contribution in [3.63, 3.8) is 0 Å². The molecule has 27 heavy (non-hydrogen) atoms. The van der Waals surface area contributed by atoms with Crippen LogP contribution in [0, 0.1) is 0 Å². The largest absolute Gasteiger partial charge is 0.336 e. The Hall–Kier alpha value is -2.71. The number of hydrogen-bond acceptors (Lipinski definition) is 5. The molecule has 0 radical (unpaired) electrons. The topological polar surface area (TPSA) is 93.1 Å². The number of carbonyl (C=O) groups is 2. The van der Waals surface area contributed by atoms with Crippen molar-refractivity contribution in [2.24, 2.45) is 0 Å². The lowest BCUT2D eigenvalue weighted by atomic mass is 10.2. The minimum absolute atomic E-state index is 0.101. The van der Waals surface area contributed by atoms with Crippen LogP contribution >= 0.6 is 22.9 Å². The molecule has 9 heteroatoms. The third-order valence-electron chi connectivity index (χ3n) is 3.62. The predicted molar refractivity (Wildman–Crippen MR) is 106 cm³/mol. The van der Waals surface area contributed by atoms with Crippen LogP contribution in [0.2, 0.25) is 5.02 Å². The molecule has 2 aromatic heterocycles. The fourth-order valence-electron chi connectivity index (χ4n) is 2.43. The molecule has 1 aromatic carbocycles. The highest BCUT2D eigenvalue weighted by atomic mass is 35.5. The first kappa shape index (κ1) is 19.1. The number of amides is 3. The van der Waals surface area contributed by atoms with Crippen molar-refractivity contribution in [2.45, 2.75) is 26.4 Å². The number of fused-ring (bicyclic) bond motifs is 1. The highest BCUT2D eigenvalue weighted by Gasteiger charge is 2.14. The van der Waals surface area contributed by atoms with Crippen LogP contribution in [0.25, 0.3) is 20.7 Å². The highest BCUT2D eigenvalue weighted by molar-refractivity contribution is 7.22. The molecule has 2 N–H and O–H groups in total. The fourth-order valence-corrected chi connectivity index (χ4v) is 3.62. The molecule has 0 aliphatic heterocycles. The number of benzene rings is 1. The van der Waals surface area contributed by atoms with Crippen LogP contribution in [0.5, 0.6) is 0 Å². The van der Waals surface area contributed by atoms with E-state index >= 15 is 0 Å². The van der Waals surface area contributed by atoms with Crippen molar-refractivity contribution in [3.8, 4) is 10.4 Å². The van der Waals surface area contributed by atoms with Gasteiger partial charge in [0.15, 0.2) is 0 Å². The summed E-state index contributed by atoms with van der Waals surface area (Å²) in [5.74, 6) is -0.592. The number of aromatic nitrogens is 2. The minimum atomic E-state index is -0.599. The number of urea groups is 1. The van der Waals surface area contributed by atoms with Crippen LogP contribution in [-0.2, 0) is 11.3 Å². The van der Waals surface area contributed by atoms with Crippen LogP contribution in [0.15, 0.2) is 41.5 Å². The third kappa shape index (κ3) is 4.53. The first-order valence-electron chi connectivity index (χ1n) is 8.19. The molecular formula is C18H17ClN4O3S. The van der Waals surface area contributed by atoms with Gasteiger partial charge in [-0.1, -0.05) is 23.7 Å². The molecule has 140 valence electrons. The molecule has 0 aliphatic rings. The Bertz CT molecular complexity index is 1060. The zero-order chi connectivity index (χ0) is 19.6. The summed E-state index contributed by atoms with van der Waals surface area (Å²) in [5, 5.41) is 5.37. The van der Waals surface area contributed by atoms with Crippen molar-refractivity contribution in [3.05, 3.63) is 52.0 Å². The minimum Gasteiger partial charge on any atom is -0.336 e. The monoisotopic (exact) mass is 404 g/mol. The molecule has 2 heterocycles. The lowest BCUT2D eigenvalue weighted by molar-refractivity contribution is -0.120. The van der Waals surface area contributed by atoms with E-state index < -0.39 is 11.9 Å². The van der Waals surface area contributed by atoms with Crippen molar-refractivity contribution in [1.29, 1.82) is 0 Å². The smallest absolute Gasteiger partial charge is 0.321 e. The molecule has 7 nitrogen and oxygen atoms in total. The van der Waals surface area contributed by atoms with Gasteiger partial charge in [-0.3, -0.25) is 19.5 Å². The Morgan fingerprint density at radius 1 is 1.26 bits per heavy atom. The summed E-state index contributed by atoms with van der Waals surface area (Å²) in [7, 11) is 0. The molecular weight excluding hydrogens is 388 g/mol. The van der Waals surface area contributed by atoms with Crippen LogP contribution in [0.1, 0.15) is 13.8 Å². The Kier molecular flexibility index (Phi) is 5.57. The quantitative estimate of drug-likeness (QED) is 0.699. The van der Waals surface area contributed by atoms with Gasteiger partial charge in [0.05, 0.1) is 11.8 Å². The number of nitrogens with zero attached hydrogens (tertiary/aromatic N) is 2. The van der Waals surface area contributed by atoms with Crippen molar-refractivity contribution in [1.82, 2.24) is 20.2 Å². The number of rotatable bonds is 4. The van der Waals surface area contributed by atoms with E-state index in [1.165, 1.54) is 22.2 Å². The number of imide groups is 1. The number of nitrogens with one attached hydrogen (secondary N) is 2. The Morgan fingerprint density at radius 3 is 2.63 bits per heavy atom. The molecule has 3 aromatic rings. The van der Waals surface area contributed by atoms with E-state index in [-0.39, 0.29) is 18.1 Å². The lowest BCUT2D eigenvalue weighted by Gasteiger charge is -2.09. The van der Waals surface area contributed by atoms with Gasteiger partial charge in [-0.2, -0.15) is 0 Å². The van der Waals surface area contributed by atoms with Crippen LogP contribution < -0.4 is 16.2 Å². The summed E-state index contributed by atoms with van der Waals surface area (Å²) in [4.78, 5) is 41.4. The van der Waals surface area contributed by atoms with Crippen LogP contribution in [0.3, 0.4) is 0 Å². The Labute approximate surface area is 164 Å². The number of hydrogen-bond donors (Lipinski definition) is 2. The second-order valence-electron chi connectivity index (χ2n) is 6.19. The number of thiophene rings is 1. The SMILES string of the molecule is CC(C)NC(=O)NC(=O)Cn1cnc2cc(-c3ccc(Cl)cc3)sc2c1=O. The van der Waals surface area contributed by atoms with Gasteiger partial charge in [-0.15, -0.1) is 11.3 Å². The van der Waals surface area contributed by atoms with Gasteiger partial charge in [0.25, 0.3) is 5.56 Å². The first-order valence-corrected chi connectivity index (χ1v) is 9.38. The van der Waals surface area contributed by atoms with Crippen LogP contribution in [-0.4, -0.2) is 27.5 Å². The summed E-state index contributed by atoms with van der Waals surface area (Å²) in [5.41, 5.74) is 1.16. The average molecular weight is 405 g/mol. The highest BCUT2D eigenvalue weighted by Crippen LogP contribution is 2.31. The molecule has 3 amide bonds. The van der Waals surface area contributed by atoms with Crippen molar-refractivity contribution in [2.75, 3.05) is 0 Å². The summed E-state index contributed by atoms with van der Waals surface area (Å²) >= 11 is 7.20. The average Bonchev–Trinajstić information content (AvgIpc) is 3.02. The molecule has 0 saturated heterocycles. The Morgan fingerprint density at radius 2 is 1.96 bits per heavy atom. The molecule has 0 bridgehead atoms. The number of halogens is 1. The van der Waals surface area contributed by atoms with Gasteiger partial charge in [-0.05, 0) is 37.6 Å². The molecule has 0 fully saturated rings. The van der Waals surface area contributed by atoms with Crippen LogP contribution in [0.4, 0.5) is 4.79 Å². The summed E-state index contributed by atoms with van der Waals surface area (Å²) < 4.78 is 1.63. The standard InChI is InChI=1S/C18H17ClN4O3S/c1-10(2)21-18(26)22-15(24)8-23-9-20-13-7-14(27-16(13)17(23)25)11-3-5-12(19)6-4-11/h3-7,9-10H,8H2,1-2H3,(H2,21,22,24,26). The lowest BCUT2D eigenvalue weighted by Crippen LogP contribution is -2.44. The molecule has 0 unspecified atom stereocenters. The summed E-state index contributed by atoms with van der Waals surface area (Å²) in [6.45, 7) is 3.27. The van der Waals surface area contributed by atoms with Gasteiger partial charge in [0.1, 0.15) is 11.2 Å². The molecule has 0 saturated carbocycles. The third-order valence-corrected chi connectivity index (χ3v) is 5.03. The van der Waals surface area contributed by atoms with Gasteiger partial charge >= 0.3 is 6.03 Å². The zero-order valence-electron chi connectivity index (χ0n) is 14.7. The van der Waals surface area contributed by atoms with E-state index in [0.29, 0.717) is 15.2 Å². The van der Waals surface area contributed by atoms with Gasteiger partial charge in [0, 0.05) is 15.9 Å². The molecule has 0 atom stereocenters. The fraction of sp³-hybridized carbons (Fsp3) is 0.222. The van der Waals surface area contributed by atoms with E-state index in [4.69, 9.17) is 11.6 Å². The molecule has 0 aliphatic carbocycles. The second-order valence-corrected chi connectivity index (χ2v) is 7.67. The summed E-state index contributed by atoms with van der Waals surface area (Å²) in [6.07, 6.45) is 1.31. The van der Waals surface area contributed by atoms with Gasteiger partial charge in [-0.25, -0.2) is 9.78 Å². The maximum atomic E-state index is 12.7. The molecule has 3 rings (SSSR count). The molecule has 0 spiro atoms. The van der Waals surface area contributed by atoms with E-state index in [1.54, 1.807) is 26.0 Å². The van der Waals surface area contributed by atoms with E-state index in [2.05, 4.69) is 15.6 Å². The van der Waals surface area contributed by atoms with Gasteiger partial charge in [0.2, 0.25) is 5.91 Å². The van der Waals surface area contributed by atoms with E-state index in [1.807, 2.05) is 18.2 Å². The Balaban J connectivity index is 1.83. The maximum Gasteiger partial charge on any atom is 0.321 e. The first-order chi connectivity index (χ1) is 12.8. The predicted octanol–water partition coefficient (Wildman–Crippen LogP) is 3.01. The van der Waals surface area contributed by atoms with E-state index in [0.717, 1.165) is 10.4 Å². The van der Waals surface area contributed by atoms with Crippen molar-refractivity contribution >= 4 is 45.1 Å². The normalized spacial score (nSPS) is 11.0.